The van der Waals surface area contributed by atoms with Crippen molar-refractivity contribution in [3.8, 4) is 5.75 Å². The Morgan fingerprint density at radius 3 is 3.12 bits per heavy atom. The Hall–Kier alpha value is -1.02. The van der Waals surface area contributed by atoms with Gasteiger partial charge >= 0.3 is 0 Å². The quantitative estimate of drug-likeness (QED) is 0.844. The summed E-state index contributed by atoms with van der Waals surface area (Å²) in [5.74, 6) is 1.95. The van der Waals surface area contributed by atoms with Crippen LogP contribution in [-0.2, 0) is 12.8 Å². The van der Waals surface area contributed by atoms with E-state index < -0.39 is 0 Å². The molecule has 2 aliphatic rings. The summed E-state index contributed by atoms with van der Waals surface area (Å²) in [6.07, 6.45) is 5.26. The molecule has 0 bridgehead atoms. The molecule has 1 saturated heterocycles. The first-order valence-electron chi connectivity index (χ1n) is 6.81. The Bertz CT molecular complexity index is 396. The fourth-order valence-electron chi connectivity index (χ4n) is 3.02. The van der Waals surface area contributed by atoms with Crippen molar-refractivity contribution in [2.45, 2.75) is 38.7 Å². The minimum absolute atomic E-state index is 0.380. The molecule has 1 aromatic rings. The van der Waals surface area contributed by atoms with Crippen molar-refractivity contribution in [2.75, 3.05) is 13.1 Å². The van der Waals surface area contributed by atoms with Crippen LogP contribution in [0.15, 0.2) is 18.2 Å². The number of fused-ring (bicyclic) bond motifs is 1. The van der Waals surface area contributed by atoms with E-state index in [1.54, 1.807) is 0 Å². The highest BCUT2D eigenvalue weighted by molar-refractivity contribution is 5.42. The van der Waals surface area contributed by atoms with E-state index >= 15 is 0 Å². The lowest BCUT2D eigenvalue weighted by Gasteiger charge is -2.26. The zero-order valence-electron chi connectivity index (χ0n) is 10.5. The summed E-state index contributed by atoms with van der Waals surface area (Å²) in [6, 6.07) is 6.56. The molecule has 2 aliphatic heterocycles. The molecule has 3 rings (SSSR count). The Kier molecular flexibility index (Phi) is 3.06. The summed E-state index contributed by atoms with van der Waals surface area (Å²) in [4.78, 5) is 0. The highest BCUT2D eigenvalue weighted by Crippen LogP contribution is 2.32. The molecular formula is C15H21NO. The van der Waals surface area contributed by atoms with Crippen molar-refractivity contribution in [1.82, 2.24) is 5.32 Å². The van der Waals surface area contributed by atoms with Crippen molar-refractivity contribution < 1.29 is 4.74 Å². The van der Waals surface area contributed by atoms with Gasteiger partial charge in [0.1, 0.15) is 5.75 Å². The lowest BCUT2D eigenvalue weighted by atomic mass is 9.91. The monoisotopic (exact) mass is 231 g/mol. The molecule has 0 radical (unpaired) electrons. The van der Waals surface area contributed by atoms with Crippen molar-refractivity contribution in [2.24, 2.45) is 5.92 Å². The average molecular weight is 231 g/mol. The minimum Gasteiger partial charge on any atom is -0.490 e. The van der Waals surface area contributed by atoms with E-state index in [-0.39, 0.29) is 0 Å². The smallest absolute Gasteiger partial charge is 0.123 e. The van der Waals surface area contributed by atoms with Gasteiger partial charge in [-0.2, -0.15) is 0 Å². The van der Waals surface area contributed by atoms with Crippen LogP contribution >= 0.6 is 0 Å². The van der Waals surface area contributed by atoms with Gasteiger partial charge in [0.15, 0.2) is 0 Å². The van der Waals surface area contributed by atoms with Gasteiger partial charge in [-0.05, 0) is 68.8 Å². The zero-order valence-corrected chi connectivity index (χ0v) is 10.5. The third-order valence-corrected chi connectivity index (χ3v) is 4.03. The number of hydrogen-bond donors (Lipinski definition) is 1. The maximum Gasteiger partial charge on any atom is 0.123 e. The molecule has 17 heavy (non-hydrogen) atoms. The summed E-state index contributed by atoms with van der Waals surface area (Å²) in [5.41, 5.74) is 2.99. The largest absolute Gasteiger partial charge is 0.490 e. The summed E-state index contributed by atoms with van der Waals surface area (Å²) in [5, 5.41) is 3.45. The van der Waals surface area contributed by atoms with E-state index in [1.807, 2.05) is 0 Å². The number of ether oxygens (including phenoxy) is 1. The molecule has 2 nitrogen and oxygen atoms in total. The third-order valence-electron chi connectivity index (χ3n) is 4.03. The molecule has 2 heterocycles. The Morgan fingerprint density at radius 2 is 2.29 bits per heavy atom. The van der Waals surface area contributed by atoms with Crippen LogP contribution in [0.4, 0.5) is 0 Å². The van der Waals surface area contributed by atoms with Crippen LogP contribution in [0.5, 0.6) is 5.75 Å². The minimum atomic E-state index is 0.380. The fraction of sp³-hybridized carbons (Fsp3) is 0.600. The number of benzene rings is 1. The van der Waals surface area contributed by atoms with Crippen LogP contribution < -0.4 is 10.1 Å². The maximum atomic E-state index is 5.92. The third kappa shape index (κ3) is 2.32. The van der Waals surface area contributed by atoms with Crippen molar-refractivity contribution >= 4 is 0 Å². The van der Waals surface area contributed by atoms with E-state index in [0.29, 0.717) is 6.10 Å². The summed E-state index contributed by atoms with van der Waals surface area (Å²) in [7, 11) is 0. The molecule has 2 unspecified atom stereocenters. The van der Waals surface area contributed by atoms with Gasteiger partial charge in [0.25, 0.3) is 0 Å². The van der Waals surface area contributed by atoms with Gasteiger partial charge in [-0.15, -0.1) is 0 Å². The van der Waals surface area contributed by atoms with Crippen LogP contribution in [0.25, 0.3) is 0 Å². The van der Waals surface area contributed by atoms with Crippen LogP contribution in [0, 0.1) is 5.92 Å². The SMILES string of the molecule is CC1CCc2c(CC3CCNC3)cccc2O1. The van der Waals surface area contributed by atoms with Crippen molar-refractivity contribution in [3.05, 3.63) is 29.3 Å². The van der Waals surface area contributed by atoms with Gasteiger partial charge in [-0.3, -0.25) is 0 Å². The molecule has 2 heteroatoms. The Labute approximate surface area is 103 Å². The highest BCUT2D eigenvalue weighted by atomic mass is 16.5. The van der Waals surface area contributed by atoms with Gasteiger partial charge in [0.2, 0.25) is 0 Å². The van der Waals surface area contributed by atoms with E-state index in [9.17, 15) is 0 Å². The molecule has 92 valence electrons. The van der Waals surface area contributed by atoms with E-state index in [1.165, 1.54) is 43.5 Å². The molecule has 0 saturated carbocycles. The van der Waals surface area contributed by atoms with Gasteiger partial charge in [-0.25, -0.2) is 0 Å². The standard InChI is InChI=1S/C15H21NO/c1-11-5-6-14-13(3-2-4-15(14)17-11)9-12-7-8-16-10-12/h2-4,11-12,16H,5-10H2,1H3. The van der Waals surface area contributed by atoms with E-state index in [0.717, 1.165) is 18.1 Å². The average Bonchev–Trinajstić information content (AvgIpc) is 2.82. The lowest BCUT2D eigenvalue weighted by molar-refractivity contribution is 0.192. The number of hydrogen-bond acceptors (Lipinski definition) is 2. The van der Waals surface area contributed by atoms with Gasteiger partial charge in [-0.1, -0.05) is 12.1 Å². The summed E-state index contributed by atoms with van der Waals surface area (Å²) < 4.78 is 5.92. The van der Waals surface area contributed by atoms with Crippen molar-refractivity contribution in [3.63, 3.8) is 0 Å². The number of nitrogens with one attached hydrogen (secondary N) is 1. The maximum absolute atomic E-state index is 5.92. The highest BCUT2D eigenvalue weighted by Gasteiger charge is 2.21. The second-order valence-corrected chi connectivity index (χ2v) is 5.42. The van der Waals surface area contributed by atoms with Crippen LogP contribution in [0.1, 0.15) is 30.9 Å². The van der Waals surface area contributed by atoms with Crippen LogP contribution in [0.2, 0.25) is 0 Å². The van der Waals surface area contributed by atoms with Gasteiger partial charge < -0.3 is 10.1 Å². The van der Waals surface area contributed by atoms with Gasteiger partial charge in [0.05, 0.1) is 6.10 Å². The lowest BCUT2D eigenvalue weighted by Crippen LogP contribution is -2.20. The van der Waals surface area contributed by atoms with Gasteiger partial charge in [0, 0.05) is 0 Å². The second-order valence-electron chi connectivity index (χ2n) is 5.42. The fourth-order valence-corrected chi connectivity index (χ4v) is 3.02. The van der Waals surface area contributed by atoms with Crippen LogP contribution in [-0.4, -0.2) is 19.2 Å². The second kappa shape index (κ2) is 4.69. The van der Waals surface area contributed by atoms with Crippen molar-refractivity contribution in [1.29, 1.82) is 0 Å². The molecular weight excluding hydrogens is 210 g/mol. The summed E-state index contributed by atoms with van der Waals surface area (Å²) in [6.45, 7) is 4.53. The molecule has 0 spiro atoms. The zero-order chi connectivity index (χ0) is 11.7. The molecule has 1 aromatic carbocycles. The molecule has 0 aliphatic carbocycles. The van der Waals surface area contributed by atoms with Crippen LogP contribution in [0.3, 0.4) is 0 Å². The first kappa shape index (κ1) is 11.1. The Morgan fingerprint density at radius 1 is 1.35 bits per heavy atom. The predicted octanol–water partition coefficient (Wildman–Crippen LogP) is 2.55. The molecule has 1 fully saturated rings. The summed E-state index contributed by atoms with van der Waals surface area (Å²) >= 11 is 0. The topological polar surface area (TPSA) is 21.3 Å². The molecule has 1 N–H and O–H groups in total. The van der Waals surface area contributed by atoms with E-state index in [2.05, 4.69) is 30.4 Å². The normalized spacial score (nSPS) is 27.6. The molecule has 0 amide bonds. The molecule has 2 atom stereocenters. The Balaban J connectivity index is 1.82. The first-order chi connectivity index (χ1) is 8.33. The predicted molar refractivity (Wildman–Crippen MR) is 69.5 cm³/mol. The van der Waals surface area contributed by atoms with E-state index in [4.69, 9.17) is 4.74 Å². The molecule has 0 aromatic heterocycles. The first-order valence-corrected chi connectivity index (χ1v) is 6.81. The number of rotatable bonds is 2.